The van der Waals surface area contributed by atoms with Crippen LogP contribution in [0.4, 0.5) is 0 Å². The minimum absolute atomic E-state index is 0.768. The molecule has 0 saturated carbocycles. The first-order chi connectivity index (χ1) is 7.27. The summed E-state index contributed by atoms with van der Waals surface area (Å²) in [5, 5.41) is 3.57. The van der Waals surface area contributed by atoms with Crippen LogP contribution in [-0.4, -0.2) is 36.1 Å². The molecule has 1 N–H and O–H groups in total. The van der Waals surface area contributed by atoms with E-state index < -0.39 is 0 Å². The maximum Gasteiger partial charge on any atom is 0.0255 e. The van der Waals surface area contributed by atoms with Gasteiger partial charge in [-0.3, -0.25) is 4.90 Å². The molecule has 88 valence electrons. The molecule has 0 aromatic heterocycles. The van der Waals surface area contributed by atoms with Crippen molar-refractivity contribution in [1.29, 1.82) is 0 Å². The Morgan fingerprint density at radius 2 is 2.20 bits per heavy atom. The Kier molecular flexibility index (Phi) is 3.68. The third-order valence-corrected chi connectivity index (χ3v) is 4.54. The molecule has 0 radical (unpaired) electrons. The molecule has 0 aromatic rings. The van der Waals surface area contributed by atoms with E-state index in [0.29, 0.717) is 0 Å². The van der Waals surface area contributed by atoms with Crippen LogP contribution < -0.4 is 5.32 Å². The Bertz CT molecular complexity index is 205. The Morgan fingerprint density at radius 3 is 2.87 bits per heavy atom. The molecule has 0 aliphatic carbocycles. The van der Waals surface area contributed by atoms with Crippen molar-refractivity contribution in [3.8, 4) is 0 Å². The average Bonchev–Trinajstić information content (AvgIpc) is 2.66. The van der Waals surface area contributed by atoms with Crippen molar-refractivity contribution in [3.63, 3.8) is 0 Å². The molecule has 2 rings (SSSR count). The largest absolute Gasteiger partial charge is 0.315 e. The molecular weight excluding hydrogens is 184 g/mol. The lowest BCUT2D eigenvalue weighted by Gasteiger charge is -2.38. The highest BCUT2D eigenvalue weighted by atomic mass is 15.3. The molecule has 15 heavy (non-hydrogen) atoms. The Labute approximate surface area is 94.4 Å². The zero-order valence-corrected chi connectivity index (χ0v) is 10.5. The fraction of sp³-hybridized carbons (Fsp3) is 1.00. The van der Waals surface area contributed by atoms with E-state index in [1.807, 2.05) is 0 Å². The second kappa shape index (κ2) is 4.84. The zero-order valence-electron chi connectivity index (χ0n) is 10.5. The summed E-state index contributed by atoms with van der Waals surface area (Å²) in [7, 11) is 0. The van der Waals surface area contributed by atoms with Gasteiger partial charge in [0.1, 0.15) is 0 Å². The molecule has 2 fully saturated rings. The topological polar surface area (TPSA) is 15.3 Å². The number of nitrogens with zero attached hydrogens (tertiary/aromatic N) is 1. The van der Waals surface area contributed by atoms with Gasteiger partial charge in [-0.1, -0.05) is 13.8 Å². The van der Waals surface area contributed by atoms with Gasteiger partial charge in [0.05, 0.1) is 0 Å². The van der Waals surface area contributed by atoms with Crippen molar-refractivity contribution < 1.29 is 0 Å². The van der Waals surface area contributed by atoms with Crippen molar-refractivity contribution in [3.05, 3.63) is 0 Å². The van der Waals surface area contributed by atoms with Crippen LogP contribution in [0.5, 0.6) is 0 Å². The number of rotatable bonds is 3. The molecule has 0 bridgehead atoms. The fourth-order valence-corrected chi connectivity index (χ4v) is 3.54. The molecule has 0 amide bonds. The van der Waals surface area contributed by atoms with Crippen LogP contribution in [0.2, 0.25) is 0 Å². The standard InChI is InChI=1S/C13H26N2/c1-4-10(3)15-12(5-2)8-11-6-7-14-9-13(11)15/h10-14H,4-9H2,1-3H3. The minimum atomic E-state index is 0.768. The number of likely N-dealkylation sites (tertiary alicyclic amines) is 1. The van der Waals surface area contributed by atoms with Gasteiger partial charge in [-0.05, 0) is 45.1 Å². The highest BCUT2D eigenvalue weighted by Gasteiger charge is 2.42. The van der Waals surface area contributed by atoms with E-state index in [4.69, 9.17) is 0 Å². The van der Waals surface area contributed by atoms with Gasteiger partial charge in [-0.2, -0.15) is 0 Å². The second-order valence-electron chi connectivity index (χ2n) is 5.32. The molecule has 2 nitrogen and oxygen atoms in total. The molecular formula is C13H26N2. The molecule has 2 heteroatoms. The van der Waals surface area contributed by atoms with Gasteiger partial charge in [0.2, 0.25) is 0 Å². The van der Waals surface area contributed by atoms with Crippen molar-refractivity contribution in [2.45, 2.75) is 64.6 Å². The van der Waals surface area contributed by atoms with Gasteiger partial charge in [-0.25, -0.2) is 0 Å². The van der Waals surface area contributed by atoms with Crippen molar-refractivity contribution in [2.75, 3.05) is 13.1 Å². The van der Waals surface area contributed by atoms with Crippen molar-refractivity contribution in [1.82, 2.24) is 10.2 Å². The van der Waals surface area contributed by atoms with E-state index in [2.05, 4.69) is 31.0 Å². The number of piperidine rings is 1. The summed E-state index contributed by atoms with van der Waals surface area (Å²) in [5.74, 6) is 0.977. The molecule has 2 heterocycles. The van der Waals surface area contributed by atoms with Crippen LogP contribution in [0.1, 0.15) is 46.5 Å². The first-order valence-electron chi connectivity index (χ1n) is 6.76. The van der Waals surface area contributed by atoms with Crippen LogP contribution in [0.25, 0.3) is 0 Å². The monoisotopic (exact) mass is 210 g/mol. The van der Waals surface area contributed by atoms with Crippen molar-refractivity contribution in [2.24, 2.45) is 5.92 Å². The summed E-state index contributed by atoms with van der Waals surface area (Å²) in [5.41, 5.74) is 0. The minimum Gasteiger partial charge on any atom is -0.315 e. The van der Waals surface area contributed by atoms with E-state index in [-0.39, 0.29) is 0 Å². The third kappa shape index (κ3) is 2.07. The Morgan fingerprint density at radius 1 is 1.40 bits per heavy atom. The summed E-state index contributed by atoms with van der Waals surface area (Å²) < 4.78 is 0. The number of hydrogen-bond acceptors (Lipinski definition) is 2. The van der Waals surface area contributed by atoms with Gasteiger partial charge >= 0.3 is 0 Å². The highest BCUT2D eigenvalue weighted by molar-refractivity contribution is 4.98. The number of nitrogens with one attached hydrogen (secondary N) is 1. The van der Waals surface area contributed by atoms with E-state index in [1.54, 1.807) is 0 Å². The second-order valence-corrected chi connectivity index (χ2v) is 5.32. The van der Waals surface area contributed by atoms with Crippen LogP contribution in [0.15, 0.2) is 0 Å². The Hall–Kier alpha value is -0.0800. The zero-order chi connectivity index (χ0) is 10.8. The SMILES string of the molecule is CCC(C)N1C(CC)CC2CCNCC21. The number of fused-ring (bicyclic) bond motifs is 1. The van der Waals surface area contributed by atoms with Crippen LogP contribution in [0, 0.1) is 5.92 Å². The molecule has 4 unspecified atom stereocenters. The first-order valence-corrected chi connectivity index (χ1v) is 6.76. The summed E-state index contributed by atoms with van der Waals surface area (Å²) >= 11 is 0. The molecule has 4 atom stereocenters. The molecule has 2 saturated heterocycles. The smallest absolute Gasteiger partial charge is 0.0255 e. The van der Waals surface area contributed by atoms with Gasteiger partial charge in [0.15, 0.2) is 0 Å². The van der Waals surface area contributed by atoms with Gasteiger partial charge in [-0.15, -0.1) is 0 Å². The van der Waals surface area contributed by atoms with Crippen molar-refractivity contribution >= 4 is 0 Å². The maximum atomic E-state index is 3.57. The lowest BCUT2D eigenvalue weighted by Crippen LogP contribution is -2.50. The van der Waals surface area contributed by atoms with Crippen LogP contribution >= 0.6 is 0 Å². The molecule has 2 aliphatic heterocycles. The van der Waals surface area contributed by atoms with Crippen LogP contribution in [0.3, 0.4) is 0 Å². The molecule has 2 aliphatic rings. The van der Waals surface area contributed by atoms with Gasteiger partial charge in [0.25, 0.3) is 0 Å². The quantitative estimate of drug-likeness (QED) is 0.768. The van der Waals surface area contributed by atoms with Gasteiger partial charge in [0, 0.05) is 24.7 Å². The molecule has 0 aromatic carbocycles. The van der Waals surface area contributed by atoms with E-state index in [0.717, 1.165) is 24.0 Å². The van der Waals surface area contributed by atoms with E-state index in [1.165, 1.54) is 38.8 Å². The summed E-state index contributed by atoms with van der Waals surface area (Å²) in [4.78, 5) is 2.82. The maximum absolute atomic E-state index is 3.57. The third-order valence-electron chi connectivity index (χ3n) is 4.54. The lowest BCUT2D eigenvalue weighted by molar-refractivity contribution is 0.110. The van der Waals surface area contributed by atoms with E-state index >= 15 is 0 Å². The average molecular weight is 210 g/mol. The predicted molar refractivity (Wildman–Crippen MR) is 65.1 cm³/mol. The van der Waals surface area contributed by atoms with Gasteiger partial charge < -0.3 is 5.32 Å². The Balaban J connectivity index is 2.09. The summed E-state index contributed by atoms with van der Waals surface area (Å²) in [6, 6.07) is 2.46. The highest BCUT2D eigenvalue weighted by Crippen LogP contribution is 2.36. The molecule has 0 spiro atoms. The summed E-state index contributed by atoms with van der Waals surface area (Å²) in [6.45, 7) is 9.54. The number of hydrogen-bond donors (Lipinski definition) is 1. The fourth-order valence-electron chi connectivity index (χ4n) is 3.54. The predicted octanol–water partition coefficient (Wildman–Crippen LogP) is 2.25. The first kappa shape index (κ1) is 11.4. The summed E-state index contributed by atoms with van der Waals surface area (Å²) in [6.07, 6.45) is 5.47. The lowest BCUT2D eigenvalue weighted by atomic mass is 9.92. The normalized spacial score (nSPS) is 39.0. The van der Waals surface area contributed by atoms with Crippen LogP contribution in [-0.2, 0) is 0 Å². The van der Waals surface area contributed by atoms with E-state index in [9.17, 15) is 0 Å².